The highest BCUT2D eigenvalue weighted by atomic mass is 16.6. The lowest BCUT2D eigenvalue weighted by molar-refractivity contribution is 0.0508. The van der Waals surface area contributed by atoms with Crippen molar-refractivity contribution in [2.75, 3.05) is 0 Å². The van der Waals surface area contributed by atoms with E-state index in [1.54, 1.807) is 24.3 Å². The fourth-order valence-electron chi connectivity index (χ4n) is 1.57. The number of nitrogens with zero attached hydrogens (tertiary/aromatic N) is 1. The second-order valence-electron chi connectivity index (χ2n) is 5.48. The van der Waals surface area contributed by atoms with E-state index in [0.29, 0.717) is 5.56 Å². The Morgan fingerprint density at radius 1 is 1.35 bits per heavy atom. The number of carbonyl (C=O) groups excluding carboxylic acids is 1. The minimum atomic E-state index is -0.528. The molecule has 0 radical (unpaired) electrons. The zero-order valence-corrected chi connectivity index (χ0v) is 12.2. The van der Waals surface area contributed by atoms with Gasteiger partial charge in [0.15, 0.2) is 5.84 Å². The van der Waals surface area contributed by atoms with Crippen LogP contribution in [0.1, 0.15) is 44.9 Å². The number of oxime groups is 1. The third kappa shape index (κ3) is 4.79. The van der Waals surface area contributed by atoms with E-state index in [1.165, 1.54) is 0 Å². The van der Waals surface area contributed by atoms with Gasteiger partial charge in [-0.15, -0.1) is 0 Å². The van der Waals surface area contributed by atoms with Crippen LogP contribution < -0.4 is 11.1 Å². The zero-order chi connectivity index (χ0) is 15.3. The molecule has 1 atom stereocenters. The number of rotatable bonds is 3. The molecule has 0 unspecified atom stereocenters. The predicted molar refractivity (Wildman–Crippen MR) is 76.7 cm³/mol. The van der Waals surface area contributed by atoms with Gasteiger partial charge in [0.25, 0.3) is 0 Å². The molecule has 1 rings (SSSR count). The predicted octanol–water partition coefficient (Wildman–Crippen LogP) is 2.37. The van der Waals surface area contributed by atoms with Crippen LogP contribution >= 0.6 is 0 Å². The Morgan fingerprint density at radius 2 is 1.90 bits per heavy atom. The van der Waals surface area contributed by atoms with Crippen LogP contribution in [0.2, 0.25) is 0 Å². The maximum absolute atomic E-state index is 11.7. The maximum atomic E-state index is 11.7. The molecule has 1 aromatic rings. The van der Waals surface area contributed by atoms with Crippen LogP contribution in [0, 0.1) is 0 Å². The van der Waals surface area contributed by atoms with E-state index in [-0.39, 0.29) is 11.9 Å². The molecule has 0 aromatic heterocycles. The molecule has 1 aromatic carbocycles. The van der Waals surface area contributed by atoms with Gasteiger partial charge in [-0.25, -0.2) is 4.79 Å². The first kappa shape index (κ1) is 15.8. The minimum absolute atomic E-state index is 0.0457. The summed E-state index contributed by atoms with van der Waals surface area (Å²) in [5.74, 6) is 0.0457. The highest BCUT2D eigenvalue weighted by Gasteiger charge is 2.18. The number of amides is 1. The molecule has 0 aliphatic rings. The van der Waals surface area contributed by atoms with Gasteiger partial charge in [0.1, 0.15) is 5.60 Å². The van der Waals surface area contributed by atoms with Crippen molar-refractivity contribution < 1.29 is 14.7 Å². The van der Waals surface area contributed by atoms with Crippen molar-refractivity contribution in [3.63, 3.8) is 0 Å². The van der Waals surface area contributed by atoms with Gasteiger partial charge >= 0.3 is 6.09 Å². The van der Waals surface area contributed by atoms with Crippen molar-refractivity contribution in [1.29, 1.82) is 0 Å². The molecule has 6 nitrogen and oxygen atoms in total. The van der Waals surface area contributed by atoms with E-state index in [4.69, 9.17) is 15.7 Å². The molecule has 0 bridgehead atoms. The van der Waals surface area contributed by atoms with E-state index in [2.05, 4.69) is 10.5 Å². The molecule has 0 heterocycles. The van der Waals surface area contributed by atoms with Crippen LogP contribution in [0.3, 0.4) is 0 Å². The molecule has 0 fully saturated rings. The van der Waals surface area contributed by atoms with Gasteiger partial charge in [-0.3, -0.25) is 0 Å². The number of ether oxygens (including phenoxy) is 1. The molecule has 0 aliphatic carbocycles. The van der Waals surface area contributed by atoms with Gasteiger partial charge in [-0.1, -0.05) is 29.4 Å². The summed E-state index contributed by atoms with van der Waals surface area (Å²) in [4.78, 5) is 11.7. The number of hydrogen-bond acceptors (Lipinski definition) is 4. The molecule has 6 heteroatoms. The van der Waals surface area contributed by atoms with Crippen molar-refractivity contribution in [2.45, 2.75) is 39.3 Å². The standard InChI is InChI=1S/C14H21N3O3/c1-9(16-13(18)20-14(2,3)4)10-5-7-11(8-6-10)12(15)17-19/h5-9,19H,1-4H3,(H2,15,17)(H,16,18)/t9-/m1/s1. The van der Waals surface area contributed by atoms with E-state index >= 15 is 0 Å². The summed E-state index contributed by atoms with van der Waals surface area (Å²) in [6, 6.07) is 6.84. The Morgan fingerprint density at radius 3 is 2.35 bits per heavy atom. The third-order valence-electron chi connectivity index (χ3n) is 2.55. The molecule has 0 spiro atoms. The number of alkyl carbamates (subject to hydrolysis) is 1. The summed E-state index contributed by atoms with van der Waals surface area (Å²) in [6.45, 7) is 7.28. The topological polar surface area (TPSA) is 96.9 Å². The second-order valence-corrected chi connectivity index (χ2v) is 5.48. The Bertz CT molecular complexity index is 489. The van der Waals surface area contributed by atoms with Crippen LogP contribution in [0.5, 0.6) is 0 Å². The van der Waals surface area contributed by atoms with E-state index in [0.717, 1.165) is 5.56 Å². The highest BCUT2D eigenvalue weighted by molar-refractivity contribution is 5.96. The second kappa shape index (κ2) is 6.27. The molecular weight excluding hydrogens is 258 g/mol. The zero-order valence-electron chi connectivity index (χ0n) is 12.2. The van der Waals surface area contributed by atoms with E-state index in [9.17, 15) is 4.79 Å². The average molecular weight is 279 g/mol. The summed E-state index contributed by atoms with van der Waals surface area (Å²) in [5, 5.41) is 14.3. The van der Waals surface area contributed by atoms with Crippen molar-refractivity contribution >= 4 is 11.9 Å². The number of carbonyl (C=O) groups is 1. The van der Waals surface area contributed by atoms with Gasteiger partial charge in [-0.05, 0) is 33.3 Å². The van der Waals surface area contributed by atoms with Gasteiger partial charge in [0, 0.05) is 5.56 Å². The lowest BCUT2D eigenvalue weighted by Crippen LogP contribution is -2.34. The number of nitrogens with one attached hydrogen (secondary N) is 1. The summed E-state index contributed by atoms with van der Waals surface area (Å²) in [6.07, 6.45) is -0.467. The minimum Gasteiger partial charge on any atom is -0.444 e. The Kier molecular flexibility index (Phi) is 4.96. The number of hydrogen-bond donors (Lipinski definition) is 3. The molecular formula is C14H21N3O3. The first-order valence-corrected chi connectivity index (χ1v) is 6.30. The maximum Gasteiger partial charge on any atom is 0.408 e. The monoisotopic (exact) mass is 279 g/mol. The van der Waals surface area contributed by atoms with Crippen LogP contribution in [-0.4, -0.2) is 22.7 Å². The first-order chi connectivity index (χ1) is 9.23. The summed E-state index contributed by atoms with van der Waals surface area (Å²) in [7, 11) is 0. The fraction of sp³-hybridized carbons (Fsp3) is 0.429. The molecule has 110 valence electrons. The lowest BCUT2D eigenvalue weighted by Gasteiger charge is -2.22. The van der Waals surface area contributed by atoms with Crippen LogP contribution in [0.25, 0.3) is 0 Å². The fourth-order valence-corrected chi connectivity index (χ4v) is 1.57. The molecule has 0 saturated heterocycles. The molecule has 4 N–H and O–H groups in total. The van der Waals surface area contributed by atoms with Crippen LogP contribution in [-0.2, 0) is 4.74 Å². The molecule has 0 aliphatic heterocycles. The highest BCUT2D eigenvalue weighted by Crippen LogP contribution is 2.15. The molecule has 20 heavy (non-hydrogen) atoms. The Hall–Kier alpha value is -2.24. The summed E-state index contributed by atoms with van der Waals surface area (Å²) < 4.78 is 5.19. The van der Waals surface area contributed by atoms with Gasteiger partial charge in [0.05, 0.1) is 6.04 Å². The molecule has 0 saturated carbocycles. The van der Waals surface area contributed by atoms with E-state index < -0.39 is 11.7 Å². The van der Waals surface area contributed by atoms with Crippen molar-refractivity contribution in [3.8, 4) is 0 Å². The third-order valence-corrected chi connectivity index (χ3v) is 2.55. The first-order valence-electron chi connectivity index (χ1n) is 6.30. The Balaban J connectivity index is 2.69. The van der Waals surface area contributed by atoms with Crippen molar-refractivity contribution in [2.24, 2.45) is 10.9 Å². The Labute approximate surface area is 118 Å². The quantitative estimate of drug-likeness (QED) is 0.342. The van der Waals surface area contributed by atoms with Gasteiger partial charge < -0.3 is 21.0 Å². The largest absolute Gasteiger partial charge is 0.444 e. The number of nitrogens with two attached hydrogens (primary N) is 1. The van der Waals surface area contributed by atoms with Crippen LogP contribution in [0.15, 0.2) is 29.4 Å². The van der Waals surface area contributed by atoms with Crippen molar-refractivity contribution in [1.82, 2.24) is 5.32 Å². The van der Waals surface area contributed by atoms with E-state index in [1.807, 2.05) is 27.7 Å². The summed E-state index contributed by atoms with van der Waals surface area (Å²) >= 11 is 0. The summed E-state index contributed by atoms with van der Waals surface area (Å²) in [5.41, 5.74) is 6.46. The molecule has 1 amide bonds. The van der Waals surface area contributed by atoms with Gasteiger partial charge in [0.2, 0.25) is 0 Å². The SMILES string of the molecule is C[C@@H](NC(=O)OC(C)(C)C)c1ccc(C(N)=NO)cc1. The lowest BCUT2D eigenvalue weighted by atomic mass is 10.1. The van der Waals surface area contributed by atoms with Gasteiger partial charge in [-0.2, -0.15) is 0 Å². The number of benzene rings is 1. The van der Waals surface area contributed by atoms with Crippen LogP contribution in [0.4, 0.5) is 4.79 Å². The van der Waals surface area contributed by atoms with Crippen molar-refractivity contribution in [3.05, 3.63) is 35.4 Å². The normalized spacial score (nSPS) is 13.7. The smallest absolute Gasteiger partial charge is 0.408 e. The average Bonchev–Trinajstić information content (AvgIpc) is 2.35. The number of amidine groups is 1.